The second-order valence-electron chi connectivity index (χ2n) is 6.20. The van der Waals surface area contributed by atoms with Crippen LogP contribution in [-0.4, -0.2) is 50.7 Å². The van der Waals surface area contributed by atoms with E-state index >= 15 is 0 Å². The van der Waals surface area contributed by atoms with E-state index < -0.39 is 12.1 Å². The molecule has 5 N–H and O–H groups in total. The van der Waals surface area contributed by atoms with Gasteiger partial charge in [0.2, 0.25) is 11.8 Å². The number of ether oxygens (including phenoxy) is 1. The summed E-state index contributed by atoms with van der Waals surface area (Å²) in [6, 6.07) is 8.82. The van der Waals surface area contributed by atoms with Gasteiger partial charge in [0.15, 0.2) is 0 Å². The Labute approximate surface area is 160 Å². The molecule has 0 bridgehead atoms. The molecule has 0 aliphatic rings. The van der Waals surface area contributed by atoms with Crippen molar-refractivity contribution in [2.45, 2.75) is 38.1 Å². The maximum Gasteiger partial charge on any atom is 0.406 e. The van der Waals surface area contributed by atoms with Crippen LogP contribution in [0.4, 0.5) is 4.79 Å². The Morgan fingerprint density at radius 3 is 2.22 bits per heavy atom. The van der Waals surface area contributed by atoms with Gasteiger partial charge in [-0.15, -0.1) is 0 Å². The predicted molar refractivity (Wildman–Crippen MR) is 103 cm³/mol. The fraction of sp³-hybridized carbons (Fsp3) is 0.526. The molecule has 8 nitrogen and oxygen atoms in total. The molecule has 1 rings (SSSR count). The second kappa shape index (κ2) is 13.6. The van der Waals surface area contributed by atoms with Crippen molar-refractivity contribution in [1.82, 2.24) is 16.0 Å². The summed E-state index contributed by atoms with van der Waals surface area (Å²) in [4.78, 5) is 34.5. The average Bonchev–Trinajstić information content (AvgIpc) is 2.68. The number of nitrogens with two attached hydrogens (primary N) is 1. The number of unbranched alkanes of at least 4 members (excludes halogenated alkanes) is 3. The molecular formula is C19H30N4O4. The summed E-state index contributed by atoms with van der Waals surface area (Å²) < 4.78 is 4.47. The second-order valence-corrected chi connectivity index (χ2v) is 6.20. The van der Waals surface area contributed by atoms with Gasteiger partial charge in [0, 0.05) is 13.1 Å². The number of carbonyl (C=O) groups is 3. The van der Waals surface area contributed by atoms with Crippen LogP contribution in [-0.2, 0) is 20.7 Å². The number of methoxy groups -OCH3 is 1. The Kier molecular flexibility index (Phi) is 11.3. The van der Waals surface area contributed by atoms with Crippen molar-refractivity contribution < 1.29 is 19.1 Å². The minimum Gasteiger partial charge on any atom is -0.453 e. The zero-order chi connectivity index (χ0) is 19.9. The standard InChI is InChI=1S/C19H30N4O4/c1-27-19(26)22-12-8-3-2-7-11-21-17(24)14-23-18(25)16(20)13-15-9-5-4-6-10-15/h4-6,9-10,16H,2-3,7-8,11-14,20H2,1H3,(H,21,24)(H,22,26)(H,23,25)/t16-/m0/s1. The highest BCUT2D eigenvalue weighted by atomic mass is 16.5. The first-order chi connectivity index (χ1) is 13.0. The number of benzene rings is 1. The first-order valence-corrected chi connectivity index (χ1v) is 9.18. The third kappa shape index (κ3) is 10.9. The lowest BCUT2D eigenvalue weighted by Crippen LogP contribution is -2.45. The van der Waals surface area contributed by atoms with Gasteiger partial charge in [-0.1, -0.05) is 43.2 Å². The van der Waals surface area contributed by atoms with Gasteiger partial charge in [-0.2, -0.15) is 0 Å². The molecule has 0 aliphatic carbocycles. The van der Waals surface area contributed by atoms with Crippen LogP contribution in [0.25, 0.3) is 0 Å². The molecule has 0 aromatic heterocycles. The summed E-state index contributed by atoms with van der Waals surface area (Å²) in [5, 5.41) is 7.93. The summed E-state index contributed by atoms with van der Waals surface area (Å²) in [7, 11) is 1.33. The minimum absolute atomic E-state index is 0.0790. The molecule has 1 aromatic rings. The van der Waals surface area contributed by atoms with E-state index in [1.54, 1.807) is 0 Å². The molecule has 0 fully saturated rings. The molecule has 3 amide bonds. The molecule has 0 saturated carbocycles. The normalized spacial score (nSPS) is 11.3. The van der Waals surface area contributed by atoms with Crippen molar-refractivity contribution in [1.29, 1.82) is 0 Å². The molecule has 0 unspecified atom stereocenters. The van der Waals surface area contributed by atoms with E-state index in [9.17, 15) is 14.4 Å². The van der Waals surface area contributed by atoms with E-state index in [1.165, 1.54) is 7.11 Å². The molecule has 27 heavy (non-hydrogen) atoms. The number of rotatable bonds is 12. The van der Waals surface area contributed by atoms with E-state index in [0.717, 1.165) is 31.2 Å². The quantitative estimate of drug-likeness (QED) is 0.399. The Morgan fingerprint density at radius 2 is 1.59 bits per heavy atom. The van der Waals surface area contributed by atoms with Crippen molar-refractivity contribution in [2.24, 2.45) is 5.73 Å². The number of hydrogen-bond acceptors (Lipinski definition) is 5. The van der Waals surface area contributed by atoms with Gasteiger partial charge >= 0.3 is 6.09 Å². The highest BCUT2D eigenvalue weighted by molar-refractivity contribution is 5.87. The molecule has 0 aliphatic heterocycles. The minimum atomic E-state index is -0.682. The number of amides is 3. The summed E-state index contributed by atoms with van der Waals surface area (Å²) in [6.07, 6.45) is 3.60. The smallest absolute Gasteiger partial charge is 0.406 e. The van der Waals surface area contributed by atoms with Gasteiger partial charge in [0.05, 0.1) is 19.7 Å². The number of carbonyl (C=O) groups excluding carboxylic acids is 3. The lowest BCUT2D eigenvalue weighted by atomic mass is 10.1. The lowest BCUT2D eigenvalue weighted by molar-refractivity contribution is -0.126. The third-order valence-corrected chi connectivity index (χ3v) is 3.94. The largest absolute Gasteiger partial charge is 0.453 e. The SMILES string of the molecule is COC(=O)NCCCCCCNC(=O)CNC(=O)[C@@H](N)Cc1ccccc1. The Morgan fingerprint density at radius 1 is 0.963 bits per heavy atom. The summed E-state index contributed by atoms with van der Waals surface area (Å²) >= 11 is 0. The topological polar surface area (TPSA) is 123 Å². The van der Waals surface area contributed by atoms with Crippen LogP contribution in [0.15, 0.2) is 30.3 Å². The highest BCUT2D eigenvalue weighted by Crippen LogP contribution is 2.01. The molecule has 0 spiro atoms. The Balaban J connectivity index is 2.03. The lowest BCUT2D eigenvalue weighted by Gasteiger charge is -2.12. The summed E-state index contributed by atoms with van der Waals surface area (Å²) in [5.74, 6) is -0.574. The van der Waals surface area contributed by atoms with Crippen LogP contribution in [0.5, 0.6) is 0 Å². The first kappa shape index (κ1) is 22.4. The van der Waals surface area contributed by atoms with Crippen molar-refractivity contribution in [3.05, 3.63) is 35.9 Å². The van der Waals surface area contributed by atoms with Crippen LogP contribution in [0.3, 0.4) is 0 Å². The van der Waals surface area contributed by atoms with Gasteiger partial charge < -0.3 is 26.4 Å². The fourth-order valence-electron chi connectivity index (χ4n) is 2.42. The number of hydrogen-bond donors (Lipinski definition) is 4. The molecule has 1 atom stereocenters. The number of alkyl carbamates (subject to hydrolysis) is 1. The van der Waals surface area contributed by atoms with Crippen molar-refractivity contribution in [3.8, 4) is 0 Å². The summed E-state index contributed by atoms with van der Waals surface area (Å²) in [6.45, 7) is 1.05. The molecule has 0 radical (unpaired) electrons. The molecule has 8 heteroatoms. The van der Waals surface area contributed by atoms with E-state index in [0.29, 0.717) is 19.5 Å². The van der Waals surface area contributed by atoms with Crippen molar-refractivity contribution >= 4 is 17.9 Å². The Hall–Kier alpha value is -2.61. The molecule has 1 aromatic carbocycles. The fourth-order valence-corrected chi connectivity index (χ4v) is 2.42. The van der Waals surface area contributed by atoms with Crippen LogP contribution in [0.1, 0.15) is 31.2 Å². The zero-order valence-corrected chi connectivity index (χ0v) is 15.8. The molecule has 150 valence electrons. The van der Waals surface area contributed by atoms with Gasteiger partial charge in [-0.25, -0.2) is 4.79 Å². The third-order valence-electron chi connectivity index (χ3n) is 3.94. The van der Waals surface area contributed by atoms with E-state index in [-0.39, 0.29) is 18.4 Å². The van der Waals surface area contributed by atoms with E-state index in [1.807, 2.05) is 30.3 Å². The first-order valence-electron chi connectivity index (χ1n) is 9.18. The van der Waals surface area contributed by atoms with Crippen LogP contribution < -0.4 is 21.7 Å². The van der Waals surface area contributed by atoms with Gasteiger partial charge in [-0.05, 0) is 24.8 Å². The van der Waals surface area contributed by atoms with Gasteiger partial charge in [0.25, 0.3) is 0 Å². The summed E-state index contributed by atoms with van der Waals surface area (Å²) in [5.41, 5.74) is 6.84. The van der Waals surface area contributed by atoms with Crippen LogP contribution >= 0.6 is 0 Å². The predicted octanol–water partition coefficient (Wildman–Crippen LogP) is 0.705. The van der Waals surface area contributed by atoms with Crippen LogP contribution in [0.2, 0.25) is 0 Å². The van der Waals surface area contributed by atoms with Crippen molar-refractivity contribution in [2.75, 3.05) is 26.7 Å². The zero-order valence-electron chi connectivity index (χ0n) is 15.8. The Bertz CT molecular complexity index is 580. The van der Waals surface area contributed by atoms with Crippen molar-refractivity contribution in [3.63, 3.8) is 0 Å². The average molecular weight is 378 g/mol. The molecular weight excluding hydrogens is 348 g/mol. The number of nitrogens with one attached hydrogen (secondary N) is 3. The molecule has 0 saturated heterocycles. The maximum atomic E-state index is 11.9. The van der Waals surface area contributed by atoms with Gasteiger partial charge in [-0.3, -0.25) is 9.59 Å². The van der Waals surface area contributed by atoms with Gasteiger partial charge in [0.1, 0.15) is 0 Å². The highest BCUT2D eigenvalue weighted by Gasteiger charge is 2.14. The van der Waals surface area contributed by atoms with E-state index in [4.69, 9.17) is 5.73 Å². The monoisotopic (exact) mass is 378 g/mol. The maximum absolute atomic E-state index is 11.9. The van der Waals surface area contributed by atoms with E-state index in [2.05, 4.69) is 20.7 Å². The molecule has 0 heterocycles. The van der Waals surface area contributed by atoms with Crippen LogP contribution in [0, 0.1) is 0 Å².